The number of benzene rings is 2. The Labute approximate surface area is 197 Å². The van der Waals surface area contributed by atoms with Crippen molar-refractivity contribution in [2.75, 3.05) is 19.6 Å². The van der Waals surface area contributed by atoms with Gasteiger partial charge in [0, 0.05) is 36.6 Å². The lowest BCUT2D eigenvalue weighted by Gasteiger charge is -2.40. The molecule has 0 radical (unpaired) electrons. The van der Waals surface area contributed by atoms with E-state index < -0.39 is 0 Å². The number of amides is 2. The van der Waals surface area contributed by atoms with Gasteiger partial charge in [-0.3, -0.25) is 14.2 Å². The average molecular weight is 460 g/mol. The van der Waals surface area contributed by atoms with E-state index in [1.807, 2.05) is 54.0 Å². The van der Waals surface area contributed by atoms with Crippen LogP contribution < -0.4 is 0 Å². The second kappa shape index (κ2) is 8.82. The number of hydrogen-bond donors (Lipinski definition) is 0. The van der Waals surface area contributed by atoms with Crippen LogP contribution in [0.4, 0.5) is 4.39 Å². The van der Waals surface area contributed by atoms with Gasteiger partial charge >= 0.3 is 0 Å². The number of carbonyl (C=O) groups is 2. The summed E-state index contributed by atoms with van der Waals surface area (Å²) in [6.45, 7) is 5.23. The molecule has 2 amide bonds. The van der Waals surface area contributed by atoms with Crippen molar-refractivity contribution in [3.63, 3.8) is 0 Å². The van der Waals surface area contributed by atoms with Crippen LogP contribution in [0, 0.1) is 5.82 Å². The lowest BCUT2D eigenvalue weighted by molar-refractivity contribution is 0.0409. The largest absolute Gasteiger partial charge is 0.448 e. The second-order valence-electron chi connectivity index (χ2n) is 8.77. The van der Waals surface area contributed by atoms with Gasteiger partial charge in [-0.15, -0.1) is 0 Å². The highest BCUT2D eigenvalue weighted by atomic mass is 19.1. The van der Waals surface area contributed by atoms with E-state index in [1.165, 1.54) is 24.3 Å². The Morgan fingerprint density at radius 1 is 1.00 bits per heavy atom. The maximum atomic E-state index is 13.7. The summed E-state index contributed by atoms with van der Waals surface area (Å²) in [5.41, 5.74) is 2.75. The lowest BCUT2D eigenvalue weighted by atomic mass is 10.1. The van der Waals surface area contributed by atoms with Crippen LogP contribution in [0.1, 0.15) is 46.3 Å². The molecule has 4 aromatic rings. The van der Waals surface area contributed by atoms with Crippen LogP contribution in [0.15, 0.2) is 77.4 Å². The molecule has 1 aliphatic rings. The van der Waals surface area contributed by atoms with Gasteiger partial charge in [-0.25, -0.2) is 4.39 Å². The Bertz CT molecular complexity index is 1330. The zero-order chi connectivity index (χ0) is 23.8. The summed E-state index contributed by atoms with van der Waals surface area (Å²) in [6.07, 6.45) is 1.63. The maximum absolute atomic E-state index is 13.7. The maximum Gasteiger partial charge on any atom is 0.270 e. The molecule has 1 fully saturated rings. The van der Waals surface area contributed by atoms with E-state index in [-0.39, 0.29) is 29.7 Å². The van der Waals surface area contributed by atoms with E-state index >= 15 is 0 Å². The van der Waals surface area contributed by atoms with Gasteiger partial charge in [0.25, 0.3) is 11.8 Å². The molecule has 0 aliphatic carbocycles. The number of hydrogen-bond acceptors (Lipinski definition) is 3. The molecule has 0 spiro atoms. The number of piperazine rings is 1. The van der Waals surface area contributed by atoms with Crippen LogP contribution in [0.5, 0.6) is 0 Å². The molecule has 0 saturated carbocycles. The number of aromatic nitrogens is 1. The molecule has 0 unspecified atom stereocenters. The summed E-state index contributed by atoms with van der Waals surface area (Å²) >= 11 is 0. The van der Waals surface area contributed by atoms with Crippen molar-refractivity contribution in [3.05, 3.63) is 95.6 Å². The van der Waals surface area contributed by atoms with Gasteiger partial charge in [-0.2, -0.15) is 0 Å². The fourth-order valence-corrected chi connectivity index (χ4v) is 4.74. The SMILES string of the molecule is C[C@@H]1CN(C(=O)c2cc3ccoc3n2[C@H](C)c2ccccc2)CCN1C(=O)c1ccc(F)cc1. The Balaban J connectivity index is 1.39. The zero-order valence-electron chi connectivity index (χ0n) is 19.1. The number of rotatable bonds is 4. The van der Waals surface area contributed by atoms with Crippen molar-refractivity contribution >= 4 is 22.9 Å². The van der Waals surface area contributed by atoms with Crippen molar-refractivity contribution in [3.8, 4) is 0 Å². The van der Waals surface area contributed by atoms with Crippen molar-refractivity contribution in [2.24, 2.45) is 0 Å². The minimum absolute atomic E-state index is 0.0880. The standard InChI is InChI=1S/C27H26FN3O3/c1-18-17-29(13-14-30(18)25(32)21-8-10-23(28)11-9-21)26(33)24-16-22-12-15-34-27(22)31(24)19(2)20-6-4-3-5-7-20/h3-12,15-16,18-19H,13-14,17H2,1-2H3/t18-,19-/m1/s1. The first-order chi connectivity index (χ1) is 16.4. The third-order valence-electron chi connectivity index (χ3n) is 6.60. The van der Waals surface area contributed by atoms with Crippen molar-refractivity contribution in [1.29, 1.82) is 0 Å². The normalized spacial score (nSPS) is 17.2. The molecule has 174 valence electrons. The van der Waals surface area contributed by atoms with E-state index in [2.05, 4.69) is 6.92 Å². The van der Waals surface area contributed by atoms with Crippen LogP contribution in [0.25, 0.3) is 11.1 Å². The molecule has 2 atom stereocenters. The summed E-state index contributed by atoms with van der Waals surface area (Å²) in [7, 11) is 0. The Morgan fingerprint density at radius 2 is 1.74 bits per heavy atom. The van der Waals surface area contributed by atoms with Gasteiger partial charge in [-0.05, 0) is 55.8 Å². The lowest BCUT2D eigenvalue weighted by Crippen LogP contribution is -2.55. The predicted octanol–water partition coefficient (Wildman–Crippen LogP) is 4.97. The van der Waals surface area contributed by atoms with Gasteiger partial charge in [0.05, 0.1) is 12.3 Å². The zero-order valence-corrected chi connectivity index (χ0v) is 19.1. The van der Waals surface area contributed by atoms with Gasteiger partial charge in [-0.1, -0.05) is 30.3 Å². The molecule has 1 saturated heterocycles. The van der Waals surface area contributed by atoms with Crippen molar-refractivity contribution in [1.82, 2.24) is 14.4 Å². The smallest absolute Gasteiger partial charge is 0.270 e. The molecule has 34 heavy (non-hydrogen) atoms. The van der Waals surface area contributed by atoms with Gasteiger partial charge in [0.15, 0.2) is 0 Å². The van der Waals surface area contributed by atoms with Crippen LogP contribution in [-0.4, -0.2) is 51.9 Å². The van der Waals surface area contributed by atoms with Crippen LogP contribution >= 0.6 is 0 Å². The molecule has 7 heteroatoms. The van der Waals surface area contributed by atoms with E-state index in [0.717, 1.165) is 10.9 Å². The third kappa shape index (κ3) is 3.87. The molecule has 3 heterocycles. The summed E-state index contributed by atoms with van der Waals surface area (Å²) in [5.74, 6) is -0.619. The average Bonchev–Trinajstić information content (AvgIpc) is 3.45. The highest BCUT2D eigenvalue weighted by molar-refractivity contribution is 5.98. The van der Waals surface area contributed by atoms with Gasteiger partial charge in [0.1, 0.15) is 11.5 Å². The van der Waals surface area contributed by atoms with Crippen LogP contribution in [0.2, 0.25) is 0 Å². The third-order valence-corrected chi connectivity index (χ3v) is 6.60. The first-order valence-corrected chi connectivity index (χ1v) is 11.4. The molecular weight excluding hydrogens is 433 g/mol. The summed E-state index contributed by atoms with van der Waals surface area (Å²) in [4.78, 5) is 30.1. The van der Waals surface area contributed by atoms with E-state index in [9.17, 15) is 14.0 Å². The molecule has 6 nitrogen and oxygen atoms in total. The number of nitrogens with zero attached hydrogens (tertiary/aromatic N) is 3. The highest BCUT2D eigenvalue weighted by Crippen LogP contribution is 2.30. The molecule has 0 bridgehead atoms. The Hall–Kier alpha value is -3.87. The minimum atomic E-state index is -0.376. The molecule has 0 N–H and O–H groups in total. The number of halogens is 1. The quantitative estimate of drug-likeness (QED) is 0.433. The van der Waals surface area contributed by atoms with E-state index in [0.29, 0.717) is 36.6 Å². The molecule has 1 aliphatic heterocycles. The molecule has 5 rings (SSSR count). The first-order valence-electron chi connectivity index (χ1n) is 11.4. The molecule has 2 aromatic heterocycles. The van der Waals surface area contributed by atoms with Gasteiger partial charge < -0.3 is 14.2 Å². The number of fused-ring (bicyclic) bond motifs is 1. The second-order valence-corrected chi connectivity index (χ2v) is 8.77. The predicted molar refractivity (Wildman–Crippen MR) is 127 cm³/mol. The Morgan fingerprint density at radius 3 is 2.44 bits per heavy atom. The fourth-order valence-electron chi connectivity index (χ4n) is 4.74. The van der Waals surface area contributed by atoms with Crippen molar-refractivity contribution in [2.45, 2.75) is 25.9 Å². The Kier molecular flexibility index (Phi) is 5.69. The highest BCUT2D eigenvalue weighted by Gasteiger charge is 2.33. The summed E-state index contributed by atoms with van der Waals surface area (Å²) in [5, 5.41) is 0.879. The number of carbonyl (C=O) groups excluding carboxylic acids is 2. The van der Waals surface area contributed by atoms with Crippen LogP contribution in [0.3, 0.4) is 0 Å². The summed E-state index contributed by atoms with van der Waals surface area (Å²) in [6, 6.07) is 19.0. The van der Waals surface area contributed by atoms with Crippen molar-refractivity contribution < 1.29 is 18.4 Å². The fraction of sp³-hybridized carbons (Fsp3) is 0.259. The van der Waals surface area contributed by atoms with E-state index in [1.54, 1.807) is 16.1 Å². The molecular formula is C27H26FN3O3. The summed E-state index contributed by atoms with van der Waals surface area (Å²) < 4.78 is 20.9. The van der Waals surface area contributed by atoms with E-state index in [4.69, 9.17) is 4.42 Å². The first kappa shape index (κ1) is 21.9. The minimum Gasteiger partial charge on any atom is -0.448 e. The molecule has 2 aromatic carbocycles. The van der Waals surface area contributed by atoms with Crippen LogP contribution in [-0.2, 0) is 0 Å². The number of furan rings is 1. The van der Waals surface area contributed by atoms with Gasteiger partial charge in [0.2, 0.25) is 5.71 Å². The monoisotopic (exact) mass is 459 g/mol. The topological polar surface area (TPSA) is 58.7 Å².